The maximum atomic E-state index is 11.1. The first kappa shape index (κ1) is 14.1. The Labute approximate surface area is 112 Å². The predicted octanol–water partition coefficient (Wildman–Crippen LogP) is 3.57. The van der Waals surface area contributed by atoms with Crippen LogP contribution in [0.1, 0.15) is 19.4 Å². The van der Waals surface area contributed by atoms with Crippen LogP contribution >= 0.6 is 23.2 Å². The summed E-state index contributed by atoms with van der Waals surface area (Å²) in [4.78, 5) is 11.1. The topological polar surface area (TPSA) is 29.1 Å². The second-order valence-electron chi connectivity index (χ2n) is 4.43. The van der Waals surface area contributed by atoms with E-state index < -0.39 is 0 Å². The Balaban J connectivity index is 2.84. The van der Waals surface area contributed by atoms with Crippen molar-refractivity contribution in [1.82, 2.24) is 5.32 Å². The lowest BCUT2D eigenvalue weighted by molar-refractivity contribution is -0.116. The minimum atomic E-state index is -0.215. The molecule has 0 fully saturated rings. The average Bonchev–Trinajstić information content (AvgIpc) is 2.29. The summed E-state index contributed by atoms with van der Waals surface area (Å²) in [5.41, 5.74) is 0.809. The van der Waals surface area contributed by atoms with Crippen molar-refractivity contribution in [2.45, 2.75) is 19.3 Å². The van der Waals surface area contributed by atoms with Gasteiger partial charge in [-0.3, -0.25) is 4.79 Å². The molecule has 0 atom stereocenters. The highest BCUT2D eigenvalue weighted by Crippen LogP contribution is 2.29. The zero-order chi connectivity index (χ0) is 13.1. The summed E-state index contributed by atoms with van der Waals surface area (Å²) in [6.07, 6.45) is 1.25. The van der Waals surface area contributed by atoms with Crippen molar-refractivity contribution in [2.24, 2.45) is 0 Å². The molecule has 0 spiro atoms. The summed E-state index contributed by atoms with van der Waals surface area (Å²) in [5, 5.41) is 3.82. The van der Waals surface area contributed by atoms with Crippen molar-refractivity contribution in [3.8, 4) is 0 Å². The van der Waals surface area contributed by atoms with Crippen LogP contribution in [0.25, 0.3) is 0 Å². The summed E-state index contributed by atoms with van der Waals surface area (Å²) in [6.45, 7) is 7.97. The van der Waals surface area contributed by atoms with Gasteiger partial charge in [-0.25, -0.2) is 0 Å². The van der Waals surface area contributed by atoms with E-state index in [1.54, 1.807) is 6.07 Å². The molecule has 0 aromatic heterocycles. The van der Waals surface area contributed by atoms with E-state index in [9.17, 15) is 4.79 Å². The molecule has 0 aliphatic heterocycles. The minimum absolute atomic E-state index is 0.182. The van der Waals surface area contributed by atoms with Crippen molar-refractivity contribution in [3.05, 3.63) is 46.5 Å². The van der Waals surface area contributed by atoms with Gasteiger partial charge in [0.15, 0.2) is 0 Å². The normalized spacial score (nSPS) is 11.1. The molecule has 0 saturated heterocycles. The van der Waals surface area contributed by atoms with E-state index in [4.69, 9.17) is 23.2 Å². The standard InChI is InChI=1S/C13H15Cl2NO/c1-4-12(17)16-8-13(2,3)9-5-6-10(14)11(15)7-9/h4-7H,1,8H2,2-3H3,(H,16,17). The molecule has 1 N–H and O–H groups in total. The van der Waals surface area contributed by atoms with E-state index >= 15 is 0 Å². The molecule has 1 amide bonds. The molecule has 0 saturated carbocycles. The lowest BCUT2D eigenvalue weighted by atomic mass is 9.84. The molecule has 0 aliphatic carbocycles. The average molecular weight is 272 g/mol. The molecular weight excluding hydrogens is 257 g/mol. The maximum absolute atomic E-state index is 11.1. The second kappa shape index (κ2) is 5.56. The van der Waals surface area contributed by atoms with Crippen LogP contribution < -0.4 is 5.32 Å². The summed E-state index contributed by atoms with van der Waals surface area (Å²) in [5.74, 6) is -0.182. The van der Waals surface area contributed by atoms with E-state index in [1.165, 1.54) is 6.08 Å². The summed E-state index contributed by atoms with van der Waals surface area (Å²) < 4.78 is 0. The third kappa shape index (κ3) is 3.76. The van der Waals surface area contributed by atoms with Gasteiger partial charge in [0.05, 0.1) is 10.0 Å². The van der Waals surface area contributed by atoms with E-state index in [0.717, 1.165) is 5.56 Å². The molecule has 1 aromatic carbocycles. The molecular formula is C13H15Cl2NO. The molecule has 2 nitrogen and oxygen atoms in total. The van der Waals surface area contributed by atoms with Crippen molar-refractivity contribution in [3.63, 3.8) is 0 Å². The maximum Gasteiger partial charge on any atom is 0.243 e. The van der Waals surface area contributed by atoms with Gasteiger partial charge in [0.1, 0.15) is 0 Å². The number of amides is 1. The smallest absolute Gasteiger partial charge is 0.243 e. The highest BCUT2D eigenvalue weighted by atomic mass is 35.5. The van der Waals surface area contributed by atoms with Crippen LogP contribution in [0.2, 0.25) is 10.0 Å². The van der Waals surface area contributed by atoms with Crippen LogP contribution in [0.15, 0.2) is 30.9 Å². The molecule has 0 unspecified atom stereocenters. The number of halogens is 2. The Bertz CT molecular complexity index is 441. The number of carbonyl (C=O) groups is 1. The molecule has 0 aliphatic rings. The summed E-state index contributed by atoms with van der Waals surface area (Å²) >= 11 is 11.8. The van der Waals surface area contributed by atoms with Gasteiger partial charge in [0.2, 0.25) is 5.91 Å². The Morgan fingerprint density at radius 2 is 2.06 bits per heavy atom. The van der Waals surface area contributed by atoms with E-state index in [0.29, 0.717) is 16.6 Å². The van der Waals surface area contributed by atoms with Gasteiger partial charge < -0.3 is 5.32 Å². The SMILES string of the molecule is C=CC(=O)NCC(C)(C)c1ccc(Cl)c(Cl)c1. The van der Waals surface area contributed by atoms with Gasteiger partial charge in [0, 0.05) is 12.0 Å². The molecule has 17 heavy (non-hydrogen) atoms. The van der Waals surface area contributed by atoms with Crippen LogP contribution in [0.4, 0.5) is 0 Å². The first-order valence-corrected chi connectivity index (χ1v) is 5.98. The number of carbonyl (C=O) groups excluding carboxylic acids is 1. The van der Waals surface area contributed by atoms with Gasteiger partial charge in [-0.1, -0.05) is 49.7 Å². The van der Waals surface area contributed by atoms with Crippen LogP contribution in [-0.2, 0) is 10.2 Å². The fourth-order valence-corrected chi connectivity index (χ4v) is 1.70. The first-order chi connectivity index (χ1) is 7.86. The lowest BCUT2D eigenvalue weighted by Gasteiger charge is -2.25. The Hall–Kier alpha value is -0.990. The fourth-order valence-electron chi connectivity index (χ4n) is 1.40. The molecule has 4 heteroatoms. The Kier molecular flexibility index (Phi) is 4.61. The number of nitrogens with one attached hydrogen (secondary N) is 1. The fraction of sp³-hybridized carbons (Fsp3) is 0.308. The van der Waals surface area contributed by atoms with Crippen molar-refractivity contribution in [2.75, 3.05) is 6.54 Å². The predicted molar refractivity (Wildman–Crippen MR) is 72.7 cm³/mol. The van der Waals surface area contributed by atoms with E-state index in [1.807, 2.05) is 26.0 Å². The summed E-state index contributed by atoms with van der Waals surface area (Å²) in [7, 11) is 0. The van der Waals surface area contributed by atoms with Crippen LogP contribution in [0.3, 0.4) is 0 Å². The molecule has 92 valence electrons. The van der Waals surface area contributed by atoms with Gasteiger partial charge in [-0.05, 0) is 23.8 Å². The molecule has 1 rings (SSSR count). The summed E-state index contributed by atoms with van der Waals surface area (Å²) in [6, 6.07) is 5.49. The first-order valence-electron chi connectivity index (χ1n) is 5.22. The van der Waals surface area contributed by atoms with Crippen molar-refractivity contribution >= 4 is 29.1 Å². The van der Waals surface area contributed by atoms with Gasteiger partial charge in [0.25, 0.3) is 0 Å². The zero-order valence-corrected chi connectivity index (χ0v) is 11.4. The second-order valence-corrected chi connectivity index (χ2v) is 5.25. The van der Waals surface area contributed by atoms with Gasteiger partial charge in [-0.2, -0.15) is 0 Å². The van der Waals surface area contributed by atoms with Gasteiger partial charge >= 0.3 is 0 Å². The van der Waals surface area contributed by atoms with Crippen molar-refractivity contribution < 1.29 is 4.79 Å². The number of hydrogen-bond acceptors (Lipinski definition) is 1. The quantitative estimate of drug-likeness (QED) is 0.834. The van der Waals surface area contributed by atoms with Crippen LogP contribution in [0, 0.1) is 0 Å². The Morgan fingerprint density at radius 3 is 2.59 bits per heavy atom. The number of rotatable bonds is 4. The minimum Gasteiger partial charge on any atom is -0.352 e. The van der Waals surface area contributed by atoms with E-state index in [2.05, 4.69) is 11.9 Å². The van der Waals surface area contributed by atoms with Crippen molar-refractivity contribution in [1.29, 1.82) is 0 Å². The third-order valence-corrected chi connectivity index (χ3v) is 3.33. The van der Waals surface area contributed by atoms with Crippen LogP contribution in [-0.4, -0.2) is 12.5 Å². The lowest BCUT2D eigenvalue weighted by Crippen LogP contribution is -2.35. The van der Waals surface area contributed by atoms with Gasteiger partial charge in [-0.15, -0.1) is 0 Å². The number of hydrogen-bond donors (Lipinski definition) is 1. The third-order valence-electron chi connectivity index (χ3n) is 2.59. The molecule has 0 heterocycles. The number of benzene rings is 1. The Morgan fingerprint density at radius 1 is 1.41 bits per heavy atom. The highest BCUT2D eigenvalue weighted by Gasteiger charge is 2.21. The largest absolute Gasteiger partial charge is 0.352 e. The molecule has 0 radical (unpaired) electrons. The monoisotopic (exact) mass is 271 g/mol. The van der Waals surface area contributed by atoms with E-state index in [-0.39, 0.29) is 11.3 Å². The van der Waals surface area contributed by atoms with Crippen LogP contribution in [0.5, 0.6) is 0 Å². The molecule has 1 aromatic rings. The zero-order valence-electron chi connectivity index (χ0n) is 9.89. The molecule has 0 bridgehead atoms. The highest BCUT2D eigenvalue weighted by molar-refractivity contribution is 6.42.